The normalized spacial score (nSPS) is 15.6. The Morgan fingerprint density at radius 2 is 1.80 bits per heavy atom. The number of nitrogens with one attached hydrogen (secondary N) is 1. The zero-order chi connectivity index (χ0) is 17.8. The number of carbonyl (C=O) groups excluding carboxylic acids is 2. The predicted molar refractivity (Wildman–Crippen MR) is 102 cm³/mol. The summed E-state index contributed by atoms with van der Waals surface area (Å²) in [6.07, 6.45) is 1.21. The highest BCUT2D eigenvalue weighted by atomic mass is 32.2. The number of carbonyl (C=O) groups is 2. The number of primary amides is 1. The van der Waals surface area contributed by atoms with Crippen molar-refractivity contribution >= 4 is 32.9 Å². The van der Waals surface area contributed by atoms with Gasteiger partial charge in [-0.2, -0.15) is 0 Å². The van der Waals surface area contributed by atoms with Gasteiger partial charge in [0.1, 0.15) is 5.75 Å². The predicted octanol–water partition coefficient (Wildman–Crippen LogP) is 3.03. The molecule has 1 aliphatic heterocycles. The third kappa shape index (κ3) is 4.48. The molecule has 0 saturated carbocycles. The van der Waals surface area contributed by atoms with Gasteiger partial charge in [0, 0.05) is 28.3 Å². The van der Waals surface area contributed by atoms with Gasteiger partial charge in [0.05, 0.1) is 7.11 Å². The monoisotopic (exact) mass is 356 g/mol. The molecule has 25 heavy (non-hydrogen) atoms. The van der Waals surface area contributed by atoms with Crippen LogP contribution < -0.4 is 15.8 Å². The maximum Gasteiger partial charge on any atom is 0.255 e. The summed E-state index contributed by atoms with van der Waals surface area (Å²) >= 11 is 0. The first kappa shape index (κ1) is 17.2. The lowest BCUT2D eigenvalue weighted by molar-refractivity contribution is -0.117. The molecule has 2 amide bonds. The molecule has 2 aromatic rings. The van der Waals surface area contributed by atoms with Gasteiger partial charge in [0.25, 0.3) is 5.91 Å². The van der Waals surface area contributed by atoms with Crippen LogP contribution in [-0.4, -0.2) is 29.5 Å². The van der Waals surface area contributed by atoms with Gasteiger partial charge in [-0.25, -0.2) is 0 Å². The van der Waals surface area contributed by atoms with E-state index in [1.54, 1.807) is 31.4 Å². The van der Waals surface area contributed by atoms with Crippen molar-refractivity contribution in [1.82, 2.24) is 0 Å². The summed E-state index contributed by atoms with van der Waals surface area (Å²) in [5.41, 5.74) is 6.52. The lowest BCUT2D eigenvalue weighted by Gasteiger charge is -2.07. The van der Waals surface area contributed by atoms with Crippen LogP contribution >= 0.6 is 10.5 Å². The van der Waals surface area contributed by atoms with Crippen LogP contribution in [-0.2, 0) is 4.79 Å². The fourth-order valence-corrected chi connectivity index (χ4v) is 4.38. The highest BCUT2D eigenvalue weighted by molar-refractivity contribution is 8.24. The van der Waals surface area contributed by atoms with E-state index in [9.17, 15) is 9.59 Å². The molecule has 0 spiro atoms. The summed E-state index contributed by atoms with van der Waals surface area (Å²) in [5, 5.41) is 2.89. The van der Waals surface area contributed by atoms with Crippen LogP contribution in [0.25, 0.3) is 0 Å². The second kappa shape index (κ2) is 7.53. The summed E-state index contributed by atoms with van der Waals surface area (Å²) in [6, 6.07) is 14.9. The molecule has 5 nitrogen and oxygen atoms in total. The zero-order valence-electron chi connectivity index (χ0n) is 14.0. The summed E-state index contributed by atoms with van der Waals surface area (Å²) in [5.74, 6) is 1.36. The Bertz CT molecular complexity index is 827. The standard InChI is InChI=1S/C19H20N2O3S/c1-24-15-6-2-13(3-7-15)19(23)21-14-4-8-16(9-5-14)25-12-17(25)10-11-18(20)22/h2-9H,10-12H2,1H3,(H2,20,22)(H,21,23). The Labute approximate surface area is 149 Å². The number of methoxy groups -OCH3 is 1. The van der Waals surface area contributed by atoms with Crippen LogP contribution in [0.5, 0.6) is 5.75 Å². The third-order valence-electron chi connectivity index (χ3n) is 3.96. The fourth-order valence-electron chi connectivity index (χ4n) is 2.49. The van der Waals surface area contributed by atoms with E-state index in [-0.39, 0.29) is 22.3 Å². The van der Waals surface area contributed by atoms with Crippen molar-refractivity contribution < 1.29 is 14.3 Å². The summed E-state index contributed by atoms with van der Waals surface area (Å²) in [4.78, 5) is 25.7. The van der Waals surface area contributed by atoms with Gasteiger partial charge in [-0.3, -0.25) is 9.59 Å². The van der Waals surface area contributed by atoms with Gasteiger partial charge in [0.15, 0.2) is 0 Å². The number of amides is 2. The van der Waals surface area contributed by atoms with E-state index >= 15 is 0 Å². The van der Waals surface area contributed by atoms with Gasteiger partial charge in [0.2, 0.25) is 5.91 Å². The Kier molecular flexibility index (Phi) is 5.19. The lowest BCUT2D eigenvalue weighted by atomic mass is 10.2. The van der Waals surface area contributed by atoms with Crippen molar-refractivity contribution in [2.75, 3.05) is 18.2 Å². The van der Waals surface area contributed by atoms with Crippen molar-refractivity contribution in [3.8, 4) is 5.75 Å². The van der Waals surface area contributed by atoms with Gasteiger partial charge in [-0.1, -0.05) is 0 Å². The molecule has 130 valence electrons. The fraction of sp³-hybridized carbons (Fsp3) is 0.211. The van der Waals surface area contributed by atoms with Gasteiger partial charge < -0.3 is 15.8 Å². The first-order valence-corrected chi connectivity index (χ1v) is 9.35. The molecule has 0 aromatic heterocycles. The lowest BCUT2D eigenvalue weighted by Crippen LogP contribution is -2.11. The van der Waals surface area contributed by atoms with Crippen LogP contribution in [0, 0.1) is 0 Å². The number of rotatable bonds is 7. The summed E-state index contributed by atoms with van der Waals surface area (Å²) in [7, 11) is 1.73. The van der Waals surface area contributed by atoms with Crippen LogP contribution in [0.2, 0.25) is 0 Å². The molecule has 0 aliphatic carbocycles. The zero-order valence-corrected chi connectivity index (χ0v) is 14.8. The Morgan fingerprint density at radius 3 is 2.40 bits per heavy atom. The molecule has 2 aromatic carbocycles. The summed E-state index contributed by atoms with van der Waals surface area (Å²) < 4.78 is 5.09. The SMILES string of the molecule is COc1ccc(C(=O)Nc2ccc(S3=C(CCC(N)=O)C3)cc2)cc1. The number of anilines is 1. The number of hydrogen-bond acceptors (Lipinski definition) is 3. The van der Waals surface area contributed by atoms with E-state index in [0.717, 1.165) is 23.6 Å². The average molecular weight is 356 g/mol. The van der Waals surface area contributed by atoms with Crippen molar-refractivity contribution in [2.24, 2.45) is 5.73 Å². The Morgan fingerprint density at radius 1 is 1.12 bits per heavy atom. The largest absolute Gasteiger partial charge is 0.497 e. The quantitative estimate of drug-likeness (QED) is 0.748. The molecule has 1 unspecified atom stereocenters. The van der Waals surface area contributed by atoms with Gasteiger partial charge >= 0.3 is 0 Å². The van der Waals surface area contributed by atoms with E-state index in [2.05, 4.69) is 5.32 Å². The molecule has 0 radical (unpaired) electrons. The number of benzene rings is 2. The number of hydrogen-bond donors (Lipinski definition) is 2. The van der Waals surface area contributed by atoms with Crippen LogP contribution in [0.15, 0.2) is 53.4 Å². The van der Waals surface area contributed by atoms with Crippen molar-refractivity contribution in [3.05, 3.63) is 54.1 Å². The average Bonchev–Trinajstić information content (AvgIpc) is 3.40. The van der Waals surface area contributed by atoms with Gasteiger partial charge in [-0.15, -0.1) is 10.5 Å². The number of nitrogens with two attached hydrogens (primary N) is 1. The van der Waals surface area contributed by atoms with Crippen LogP contribution in [0.3, 0.4) is 0 Å². The maximum absolute atomic E-state index is 12.2. The molecule has 0 saturated heterocycles. The van der Waals surface area contributed by atoms with Crippen molar-refractivity contribution in [1.29, 1.82) is 0 Å². The molecule has 6 heteroatoms. The molecule has 0 fully saturated rings. The second-order valence-electron chi connectivity index (χ2n) is 5.75. The van der Waals surface area contributed by atoms with E-state index < -0.39 is 0 Å². The smallest absolute Gasteiger partial charge is 0.255 e. The molecule has 1 aliphatic rings. The Hall–Kier alpha value is -2.60. The molecule has 0 bridgehead atoms. The highest BCUT2D eigenvalue weighted by Gasteiger charge is 2.21. The molecule has 1 heterocycles. The molecule has 3 rings (SSSR count). The molecule has 1 atom stereocenters. The number of ether oxygens (including phenoxy) is 1. The molecular formula is C19H20N2O3S. The van der Waals surface area contributed by atoms with Gasteiger partial charge in [-0.05, 0) is 59.8 Å². The topological polar surface area (TPSA) is 81.4 Å². The highest BCUT2D eigenvalue weighted by Crippen LogP contribution is 2.41. The van der Waals surface area contributed by atoms with Crippen LogP contribution in [0.1, 0.15) is 23.2 Å². The second-order valence-corrected chi connectivity index (χ2v) is 7.87. The van der Waals surface area contributed by atoms with E-state index in [1.807, 2.05) is 24.3 Å². The summed E-state index contributed by atoms with van der Waals surface area (Å²) in [6.45, 7) is 0. The minimum atomic E-state index is -0.250. The maximum atomic E-state index is 12.2. The minimum absolute atomic E-state index is 0.138. The van der Waals surface area contributed by atoms with E-state index in [1.165, 1.54) is 9.76 Å². The van der Waals surface area contributed by atoms with E-state index in [4.69, 9.17) is 10.5 Å². The molecular weight excluding hydrogens is 336 g/mol. The van der Waals surface area contributed by atoms with Crippen molar-refractivity contribution in [3.63, 3.8) is 0 Å². The van der Waals surface area contributed by atoms with Crippen LogP contribution in [0.4, 0.5) is 5.69 Å². The Balaban J connectivity index is 1.61. The van der Waals surface area contributed by atoms with E-state index in [0.29, 0.717) is 12.0 Å². The molecule has 3 N–H and O–H groups in total. The van der Waals surface area contributed by atoms with Crippen molar-refractivity contribution in [2.45, 2.75) is 17.7 Å². The minimum Gasteiger partial charge on any atom is -0.497 e. The third-order valence-corrected chi connectivity index (χ3v) is 6.14. The first-order chi connectivity index (χ1) is 12.1. The first-order valence-electron chi connectivity index (χ1n) is 7.96.